The van der Waals surface area contributed by atoms with Crippen molar-refractivity contribution >= 4 is 56.5 Å². The molecular weight excluding hydrogens is 498 g/mol. The number of thioether (sulfide) groups is 1. The summed E-state index contributed by atoms with van der Waals surface area (Å²) < 4.78 is 6.84. The molecule has 0 bridgehead atoms. The van der Waals surface area contributed by atoms with Crippen molar-refractivity contribution in [2.45, 2.75) is 13.2 Å². The van der Waals surface area contributed by atoms with Gasteiger partial charge in [0.2, 0.25) is 0 Å². The number of carbonyl (C=O) groups excluding carboxylic acids is 2. The Bertz CT molecular complexity index is 1150. The maximum absolute atomic E-state index is 12.9. The number of nitrogens with zero attached hydrogens (tertiary/aromatic N) is 1. The number of amides is 2. The first kappa shape index (κ1) is 21.7. The summed E-state index contributed by atoms with van der Waals surface area (Å²) in [4.78, 5) is 27.0. The quantitative estimate of drug-likeness (QED) is 0.335. The topological polar surface area (TPSA) is 46.6 Å². The van der Waals surface area contributed by atoms with E-state index in [1.807, 2.05) is 48.5 Å². The SMILES string of the molecule is O=C1SC(=Cc2cc(Br)ccc2OCc2ccccc2)C(=O)N1Cc1ccc(Cl)cc1. The van der Waals surface area contributed by atoms with Crippen molar-refractivity contribution < 1.29 is 14.3 Å². The Morgan fingerprint density at radius 1 is 0.968 bits per heavy atom. The molecule has 0 aliphatic carbocycles. The molecular formula is C24H17BrClNO3S. The number of hydrogen-bond acceptors (Lipinski definition) is 4. The summed E-state index contributed by atoms with van der Waals surface area (Å²) >= 11 is 10.3. The second kappa shape index (κ2) is 9.73. The summed E-state index contributed by atoms with van der Waals surface area (Å²) in [7, 11) is 0. The van der Waals surface area contributed by atoms with Gasteiger partial charge in [0, 0.05) is 15.1 Å². The normalized spacial score (nSPS) is 15.0. The van der Waals surface area contributed by atoms with Crippen LogP contribution < -0.4 is 4.74 Å². The minimum Gasteiger partial charge on any atom is -0.488 e. The zero-order valence-electron chi connectivity index (χ0n) is 16.3. The van der Waals surface area contributed by atoms with Crippen molar-refractivity contribution in [1.29, 1.82) is 0 Å². The Morgan fingerprint density at radius 2 is 1.71 bits per heavy atom. The molecule has 1 heterocycles. The lowest BCUT2D eigenvalue weighted by molar-refractivity contribution is -0.123. The van der Waals surface area contributed by atoms with Crippen LogP contribution in [0.1, 0.15) is 16.7 Å². The van der Waals surface area contributed by atoms with Crippen molar-refractivity contribution in [1.82, 2.24) is 4.90 Å². The molecule has 1 saturated heterocycles. The average molecular weight is 515 g/mol. The number of imide groups is 1. The van der Waals surface area contributed by atoms with Crippen molar-refractivity contribution in [2.75, 3.05) is 0 Å². The van der Waals surface area contributed by atoms with Gasteiger partial charge in [-0.3, -0.25) is 14.5 Å². The summed E-state index contributed by atoms with van der Waals surface area (Å²) in [5.74, 6) is 0.315. The maximum Gasteiger partial charge on any atom is 0.293 e. The molecule has 1 aliphatic rings. The molecule has 4 nitrogen and oxygen atoms in total. The Kier molecular flexibility index (Phi) is 6.80. The Balaban J connectivity index is 1.55. The molecule has 3 aromatic rings. The zero-order chi connectivity index (χ0) is 21.8. The molecule has 0 aromatic heterocycles. The average Bonchev–Trinajstić information content (AvgIpc) is 3.03. The fourth-order valence-electron chi connectivity index (χ4n) is 3.05. The van der Waals surface area contributed by atoms with Crippen LogP contribution in [0.5, 0.6) is 5.75 Å². The number of ether oxygens (including phenoxy) is 1. The van der Waals surface area contributed by atoms with E-state index < -0.39 is 0 Å². The number of hydrogen-bond donors (Lipinski definition) is 0. The van der Waals surface area contributed by atoms with Gasteiger partial charge in [-0.1, -0.05) is 70.0 Å². The van der Waals surface area contributed by atoms with Gasteiger partial charge in [-0.25, -0.2) is 0 Å². The molecule has 3 aromatic carbocycles. The third-order valence-electron chi connectivity index (χ3n) is 4.62. The van der Waals surface area contributed by atoms with Crippen LogP contribution in [-0.2, 0) is 17.9 Å². The fraction of sp³-hybridized carbons (Fsp3) is 0.0833. The molecule has 0 N–H and O–H groups in total. The highest BCUT2D eigenvalue weighted by atomic mass is 79.9. The van der Waals surface area contributed by atoms with Gasteiger partial charge in [-0.2, -0.15) is 0 Å². The second-order valence-corrected chi connectivity index (χ2v) is 9.20. The van der Waals surface area contributed by atoms with Gasteiger partial charge in [0.05, 0.1) is 11.4 Å². The Labute approximate surface area is 198 Å². The smallest absolute Gasteiger partial charge is 0.293 e. The van der Waals surface area contributed by atoms with Crippen LogP contribution in [0.3, 0.4) is 0 Å². The first-order valence-corrected chi connectivity index (χ1v) is 11.4. The highest BCUT2D eigenvalue weighted by Gasteiger charge is 2.35. The van der Waals surface area contributed by atoms with Crippen LogP contribution in [0, 0.1) is 0 Å². The monoisotopic (exact) mass is 513 g/mol. The first-order chi connectivity index (χ1) is 15.0. The molecule has 0 atom stereocenters. The molecule has 0 unspecified atom stereocenters. The molecule has 31 heavy (non-hydrogen) atoms. The minimum absolute atomic E-state index is 0.203. The molecule has 7 heteroatoms. The Hall–Kier alpha value is -2.54. The van der Waals surface area contributed by atoms with Crippen molar-refractivity contribution in [3.63, 3.8) is 0 Å². The van der Waals surface area contributed by atoms with E-state index in [1.54, 1.807) is 30.3 Å². The van der Waals surface area contributed by atoms with E-state index in [2.05, 4.69) is 15.9 Å². The highest BCUT2D eigenvalue weighted by molar-refractivity contribution is 9.10. The minimum atomic E-state index is -0.320. The number of carbonyl (C=O) groups is 2. The van der Waals surface area contributed by atoms with Crippen LogP contribution in [0.25, 0.3) is 6.08 Å². The van der Waals surface area contributed by atoms with Gasteiger partial charge in [0.1, 0.15) is 12.4 Å². The van der Waals surface area contributed by atoms with Crippen LogP contribution in [0.15, 0.2) is 82.2 Å². The molecule has 2 amide bonds. The van der Waals surface area contributed by atoms with Gasteiger partial charge < -0.3 is 4.74 Å². The van der Waals surface area contributed by atoms with Crippen LogP contribution in [0.2, 0.25) is 5.02 Å². The summed E-state index contributed by atoms with van der Waals surface area (Å²) in [5, 5.41) is 0.309. The van der Waals surface area contributed by atoms with Crippen LogP contribution in [-0.4, -0.2) is 16.0 Å². The van der Waals surface area contributed by atoms with Crippen molar-refractivity contribution in [3.05, 3.63) is 104 Å². The predicted octanol–water partition coefficient (Wildman–Crippen LogP) is 6.92. The Morgan fingerprint density at radius 3 is 2.45 bits per heavy atom. The standard InChI is InChI=1S/C24H17BrClNO3S/c25-19-8-11-21(30-15-17-4-2-1-3-5-17)18(12-19)13-22-23(28)27(24(29)31-22)14-16-6-9-20(26)10-7-16/h1-13H,14-15H2. The van der Waals surface area contributed by atoms with Gasteiger partial charge in [0.15, 0.2) is 0 Å². The third-order valence-corrected chi connectivity index (χ3v) is 6.28. The number of halogens is 2. The van der Waals surface area contributed by atoms with Gasteiger partial charge in [-0.05, 0) is 59.3 Å². The van der Waals surface area contributed by atoms with E-state index in [9.17, 15) is 9.59 Å². The predicted molar refractivity (Wildman–Crippen MR) is 128 cm³/mol. The van der Waals surface area contributed by atoms with E-state index in [0.717, 1.165) is 32.9 Å². The van der Waals surface area contributed by atoms with E-state index in [-0.39, 0.29) is 17.7 Å². The largest absolute Gasteiger partial charge is 0.488 e. The molecule has 0 radical (unpaired) electrons. The maximum atomic E-state index is 12.9. The second-order valence-electron chi connectivity index (χ2n) is 6.85. The lowest BCUT2D eigenvalue weighted by Gasteiger charge is -2.12. The lowest BCUT2D eigenvalue weighted by atomic mass is 10.1. The molecule has 156 valence electrons. The molecule has 4 rings (SSSR count). The molecule has 1 fully saturated rings. The molecule has 0 spiro atoms. The van der Waals surface area contributed by atoms with E-state index >= 15 is 0 Å². The van der Waals surface area contributed by atoms with Crippen LogP contribution >= 0.6 is 39.3 Å². The first-order valence-electron chi connectivity index (χ1n) is 9.46. The van der Waals surface area contributed by atoms with Gasteiger partial charge in [0.25, 0.3) is 11.1 Å². The lowest BCUT2D eigenvalue weighted by Crippen LogP contribution is -2.27. The van der Waals surface area contributed by atoms with Crippen molar-refractivity contribution in [2.24, 2.45) is 0 Å². The van der Waals surface area contributed by atoms with Gasteiger partial charge >= 0.3 is 0 Å². The van der Waals surface area contributed by atoms with Crippen LogP contribution in [0.4, 0.5) is 4.79 Å². The summed E-state index contributed by atoms with van der Waals surface area (Å²) in [6, 6.07) is 22.5. The number of rotatable bonds is 6. The third kappa shape index (κ3) is 5.39. The summed E-state index contributed by atoms with van der Waals surface area (Å²) in [6.07, 6.45) is 1.71. The molecule has 1 aliphatic heterocycles. The summed E-state index contributed by atoms with van der Waals surface area (Å²) in [6.45, 7) is 0.608. The van der Waals surface area contributed by atoms with E-state index in [4.69, 9.17) is 16.3 Å². The summed E-state index contributed by atoms with van der Waals surface area (Å²) in [5.41, 5.74) is 2.60. The van der Waals surface area contributed by atoms with E-state index in [1.165, 1.54) is 4.90 Å². The zero-order valence-corrected chi connectivity index (χ0v) is 19.4. The van der Waals surface area contributed by atoms with Crippen molar-refractivity contribution in [3.8, 4) is 5.75 Å². The fourth-order valence-corrected chi connectivity index (χ4v) is 4.38. The van der Waals surface area contributed by atoms with E-state index in [0.29, 0.717) is 22.3 Å². The highest BCUT2D eigenvalue weighted by Crippen LogP contribution is 2.36. The number of benzene rings is 3. The molecule has 0 saturated carbocycles. The van der Waals surface area contributed by atoms with Gasteiger partial charge in [-0.15, -0.1) is 0 Å².